The Morgan fingerprint density at radius 3 is 2.38 bits per heavy atom. The van der Waals surface area contributed by atoms with E-state index in [9.17, 15) is 18.5 Å². The molecule has 0 spiro atoms. The van der Waals surface area contributed by atoms with Crippen LogP contribution < -0.4 is 4.72 Å². The molecule has 0 unspecified atom stereocenters. The minimum absolute atomic E-state index is 0.0205. The molecule has 0 fully saturated rings. The number of aliphatic imine (C=N–C) groups is 1. The van der Waals surface area contributed by atoms with Crippen LogP contribution in [0.25, 0.3) is 0 Å². The van der Waals surface area contributed by atoms with Gasteiger partial charge in [0.25, 0.3) is 15.7 Å². The average Bonchev–Trinajstić information content (AvgIpc) is 2.69. The second-order valence-electron chi connectivity index (χ2n) is 6.53. The lowest BCUT2D eigenvalue weighted by Crippen LogP contribution is -2.13. The van der Waals surface area contributed by atoms with Crippen LogP contribution in [-0.2, 0) is 10.0 Å². The minimum atomic E-state index is -3.72. The van der Waals surface area contributed by atoms with Crippen LogP contribution in [0.15, 0.2) is 76.6 Å². The zero-order chi connectivity index (χ0) is 21.0. The number of sulfonamides is 1. The van der Waals surface area contributed by atoms with Crippen LogP contribution in [-0.4, -0.2) is 19.6 Å². The Balaban J connectivity index is 1.77. The summed E-state index contributed by atoms with van der Waals surface area (Å²) in [5.74, 6) is 0. The van der Waals surface area contributed by atoms with Crippen LogP contribution in [0.5, 0.6) is 0 Å². The van der Waals surface area contributed by atoms with Gasteiger partial charge in [0.15, 0.2) is 0 Å². The maximum atomic E-state index is 12.6. The SMILES string of the molecule is Cc1ccc(NS(=O)(=O)c2ccc(N=Cc3cccc([N+](=O)[O-])c3)cc2)c(C)c1. The summed E-state index contributed by atoms with van der Waals surface area (Å²) >= 11 is 0. The van der Waals surface area contributed by atoms with Gasteiger partial charge in [0, 0.05) is 18.3 Å². The second-order valence-corrected chi connectivity index (χ2v) is 8.21. The third kappa shape index (κ3) is 5.05. The second kappa shape index (κ2) is 8.24. The van der Waals surface area contributed by atoms with Crippen LogP contribution in [0, 0.1) is 24.0 Å². The maximum Gasteiger partial charge on any atom is 0.270 e. The Bertz CT molecular complexity index is 1190. The molecule has 0 aliphatic carbocycles. The van der Waals surface area contributed by atoms with Gasteiger partial charge in [0.1, 0.15) is 0 Å². The maximum absolute atomic E-state index is 12.6. The lowest BCUT2D eigenvalue weighted by molar-refractivity contribution is -0.384. The van der Waals surface area contributed by atoms with Gasteiger partial charge < -0.3 is 0 Å². The first-order valence-electron chi connectivity index (χ1n) is 8.73. The van der Waals surface area contributed by atoms with E-state index in [0.29, 0.717) is 16.9 Å². The first kappa shape index (κ1) is 20.2. The summed E-state index contributed by atoms with van der Waals surface area (Å²) in [6.07, 6.45) is 1.49. The smallest absolute Gasteiger partial charge is 0.270 e. The molecule has 0 amide bonds. The predicted octanol–water partition coefficient (Wildman–Crippen LogP) is 4.76. The summed E-state index contributed by atoms with van der Waals surface area (Å²) in [4.78, 5) is 14.7. The summed E-state index contributed by atoms with van der Waals surface area (Å²) in [5.41, 5.74) is 3.51. The fourth-order valence-electron chi connectivity index (χ4n) is 2.71. The van der Waals surface area contributed by atoms with E-state index in [1.807, 2.05) is 26.0 Å². The zero-order valence-corrected chi connectivity index (χ0v) is 16.7. The number of anilines is 1. The van der Waals surface area contributed by atoms with Crippen molar-refractivity contribution in [2.45, 2.75) is 18.7 Å². The van der Waals surface area contributed by atoms with Crippen LogP contribution >= 0.6 is 0 Å². The molecule has 7 nitrogen and oxygen atoms in total. The van der Waals surface area contributed by atoms with Crippen molar-refractivity contribution in [1.29, 1.82) is 0 Å². The van der Waals surface area contributed by atoms with Crippen molar-refractivity contribution in [2.24, 2.45) is 4.99 Å². The van der Waals surface area contributed by atoms with Gasteiger partial charge in [-0.05, 0) is 55.3 Å². The highest BCUT2D eigenvalue weighted by molar-refractivity contribution is 7.92. The van der Waals surface area contributed by atoms with Gasteiger partial charge in [-0.25, -0.2) is 8.42 Å². The Morgan fingerprint density at radius 1 is 1.00 bits per heavy atom. The summed E-state index contributed by atoms with van der Waals surface area (Å²) < 4.78 is 27.8. The molecule has 0 saturated carbocycles. The van der Waals surface area contributed by atoms with Crippen molar-refractivity contribution in [3.05, 3.63) is 93.5 Å². The van der Waals surface area contributed by atoms with Crippen molar-refractivity contribution < 1.29 is 13.3 Å². The highest BCUT2D eigenvalue weighted by Crippen LogP contribution is 2.22. The lowest BCUT2D eigenvalue weighted by Gasteiger charge is -2.11. The van der Waals surface area contributed by atoms with Crippen molar-refractivity contribution in [3.63, 3.8) is 0 Å². The molecule has 3 aromatic rings. The largest absolute Gasteiger partial charge is 0.279 e. The molecule has 0 heterocycles. The van der Waals surface area contributed by atoms with E-state index in [1.54, 1.807) is 30.3 Å². The van der Waals surface area contributed by atoms with Gasteiger partial charge in [0.2, 0.25) is 0 Å². The molecule has 0 bridgehead atoms. The number of benzene rings is 3. The number of aryl methyl sites for hydroxylation is 2. The quantitative estimate of drug-likeness (QED) is 0.360. The highest BCUT2D eigenvalue weighted by Gasteiger charge is 2.15. The van der Waals surface area contributed by atoms with Crippen molar-refractivity contribution in [1.82, 2.24) is 0 Å². The summed E-state index contributed by atoms with van der Waals surface area (Å²) in [6, 6.07) is 17.7. The van der Waals surface area contributed by atoms with Gasteiger partial charge in [-0.2, -0.15) is 0 Å². The van der Waals surface area contributed by atoms with Gasteiger partial charge in [-0.15, -0.1) is 0 Å². The van der Waals surface area contributed by atoms with Gasteiger partial charge in [-0.3, -0.25) is 19.8 Å². The molecule has 0 radical (unpaired) electrons. The van der Waals surface area contributed by atoms with E-state index < -0.39 is 14.9 Å². The lowest BCUT2D eigenvalue weighted by atomic mass is 10.1. The molecule has 0 aliphatic heterocycles. The van der Waals surface area contributed by atoms with E-state index >= 15 is 0 Å². The van der Waals surface area contributed by atoms with E-state index in [1.165, 1.54) is 30.5 Å². The molecule has 0 atom stereocenters. The highest BCUT2D eigenvalue weighted by atomic mass is 32.2. The minimum Gasteiger partial charge on any atom is -0.279 e. The third-order valence-corrected chi connectivity index (χ3v) is 5.60. The molecule has 3 rings (SSSR count). The van der Waals surface area contributed by atoms with Crippen LogP contribution in [0.3, 0.4) is 0 Å². The molecule has 3 aromatic carbocycles. The number of nitrogens with one attached hydrogen (secondary N) is 1. The summed E-state index contributed by atoms with van der Waals surface area (Å²) in [7, 11) is -3.72. The van der Waals surface area contributed by atoms with E-state index in [4.69, 9.17) is 0 Å². The molecule has 0 aliphatic rings. The third-order valence-electron chi connectivity index (χ3n) is 4.22. The van der Waals surface area contributed by atoms with Gasteiger partial charge in [-0.1, -0.05) is 29.8 Å². The number of rotatable bonds is 6. The number of nitrogens with zero attached hydrogens (tertiary/aromatic N) is 2. The van der Waals surface area contributed by atoms with Gasteiger partial charge in [0.05, 0.1) is 21.2 Å². The number of hydrogen-bond acceptors (Lipinski definition) is 5. The molecule has 0 aromatic heterocycles. The normalized spacial score (nSPS) is 11.5. The molecule has 29 heavy (non-hydrogen) atoms. The molecule has 0 saturated heterocycles. The van der Waals surface area contributed by atoms with Crippen molar-refractivity contribution in [2.75, 3.05) is 4.72 Å². The Hall–Kier alpha value is -3.52. The number of nitro groups is 1. The average molecular weight is 409 g/mol. The van der Waals surface area contributed by atoms with E-state index in [2.05, 4.69) is 9.71 Å². The first-order chi connectivity index (χ1) is 13.7. The molecule has 148 valence electrons. The Labute approximate surface area is 168 Å². The summed E-state index contributed by atoms with van der Waals surface area (Å²) in [5, 5.41) is 10.8. The molecular weight excluding hydrogens is 390 g/mol. The van der Waals surface area contributed by atoms with Crippen LogP contribution in [0.4, 0.5) is 17.1 Å². The predicted molar refractivity (Wildman–Crippen MR) is 114 cm³/mol. The molecule has 1 N–H and O–H groups in total. The van der Waals surface area contributed by atoms with E-state index in [-0.39, 0.29) is 10.6 Å². The fourth-order valence-corrected chi connectivity index (χ4v) is 3.84. The Kier molecular flexibility index (Phi) is 5.74. The number of non-ortho nitro benzene ring substituents is 1. The molecular formula is C21H19N3O4S. The summed E-state index contributed by atoms with van der Waals surface area (Å²) in [6.45, 7) is 3.79. The van der Waals surface area contributed by atoms with E-state index in [0.717, 1.165) is 11.1 Å². The van der Waals surface area contributed by atoms with Gasteiger partial charge >= 0.3 is 0 Å². The fraction of sp³-hybridized carbons (Fsp3) is 0.0952. The number of nitro benzene ring substituents is 1. The van der Waals surface area contributed by atoms with Crippen LogP contribution in [0.1, 0.15) is 16.7 Å². The first-order valence-corrected chi connectivity index (χ1v) is 10.2. The topological polar surface area (TPSA) is 102 Å². The standard InChI is InChI=1S/C21H19N3O4S/c1-15-6-11-21(16(2)12-15)23-29(27,28)20-9-7-18(8-10-20)22-14-17-4-3-5-19(13-17)24(25)26/h3-14,23H,1-2H3. The monoisotopic (exact) mass is 409 g/mol. The van der Waals surface area contributed by atoms with Crippen molar-refractivity contribution in [3.8, 4) is 0 Å². The zero-order valence-electron chi connectivity index (χ0n) is 15.9. The Morgan fingerprint density at radius 2 is 1.72 bits per heavy atom. The number of hydrogen-bond donors (Lipinski definition) is 1. The van der Waals surface area contributed by atoms with Crippen molar-refractivity contribution >= 4 is 33.3 Å². The molecule has 8 heteroatoms. The van der Waals surface area contributed by atoms with Crippen LogP contribution in [0.2, 0.25) is 0 Å².